The molecule has 4 aromatic carbocycles. The molecule has 1 fully saturated rings. The number of halogens is 3. The molecular weight excluding hydrogens is 713 g/mol. The minimum Gasteiger partial charge on any atom is -0.382 e. The van der Waals surface area contributed by atoms with E-state index in [9.17, 15) is 44.4 Å². The highest BCUT2D eigenvalue weighted by atomic mass is 35.6. The van der Waals surface area contributed by atoms with Crippen molar-refractivity contribution >= 4 is 63.8 Å². The predicted octanol–water partition coefficient (Wildman–Crippen LogP) is 3.28. The van der Waals surface area contributed by atoms with E-state index in [0.717, 1.165) is 12.1 Å². The van der Waals surface area contributed by atoms with Crippen molar-refractivity contribution < 1.29 is 49.1 Å². The van der Waals surface area contributed by atoms with Crippen LogP contribution in [0, 0.1) is 0 Å². The van der Waals surface area contributed by atoms with Crippen LogP contribution in [0.2, 0.25) is 0 Å². The lowest BCUT2D eigenvalue weighted by Gasteiger charge is -2.58. The van der Waals surface area contributed by atoms with Crippen LogP contribution >= 0.6 is 34.8 Å². The predicted molar refractivity (Wildman–Crippen MR) is 181 cm³/mol. The second-order valence-electron chi connectivity index (χ2n) is 11.4. The zero-order valence-electron chi connectivity index (χ0n) is 25.7. The van der Waals surface area contributed by atoms with Crippen LogP contribution in [0.1, 0.15) is 41.4 Å². The second-order valence-corrected chi connectivity index (χ2v) is 13.7. The summed E-state index contributed by atoms with van der Waals surface area (Å²) in [5, 5.41) is 52.2. The number of ketones is 4. The molecule has 2 unspecified atom stereocenters. The topological polar surface area (TPSA) is 188 Å². The summed E-state index contributed by atoms with van der Waals surface area (Å²) in [6, 6.07) is 26.6. The number of nitrogens with one attached hydrogen (secondary N) is 1. The van der Waals surface area contributed by atoms with E-state index in [1.165, 1.54) is 103 Å². The Balaban J connectivity index is 1.89. The Hall–Kier alpha value is -4.30. The van der Waals surface area contributed by atoms with Crippen LogP contribution in [0.5, 0.6) is 0 Å². The van der Waals surface area contributed by atoms with Crippen LogP contribution in [0.4, 0.5) is 0 Å². The highest BCUT2D eigenvalue weighted by Gasteiger charge is 2.81. The van der Waals surface area contributed by atoms with Crippen molar-refractivity contribution in [3.8, 4) is 0 Å². The van der Waals surface area contributed by atoms with Gasteiger partial charge in [-0.25, -0.2) is 0 Å². The van der Waals surface area contributed by atoms with Gasteiger partial charge < -0.3 is 30.5 Å². The van der Waals surface area contributed by atoms with Gasteiger partial charge in [0.05, 0.1) is 0 Å². The zero-order chi connectivity index (χ0) is 36.5. The average molecular weight is 741 g/mol. The molecule has 0 aromatic heterocycles. The maximum absolute atomic E-state index is 14.8. The lowest BCUT2D eigenvalue weighted by atomic mass is 9.57. The van der Waals surface area contributed by atoms with Crippen LogP contribution in [0.15, 0.2) is 121 Å². The number of carbonyl (C=O) groups is 5. The zero-order valence-corrected chi connectivity index (χ0v) is 27.9. The van der Waals surface area contributed by atoms with Gasteiger partial charge in [0.15, 0.2) is 17.6 Å². The summed E-state index contributed by atoms with van der Waals surface area (Å²) in [5.74, 6) is -7.50. The molecule has 14 heteroatoms. The fourth-order valence-electron chi connectivity index (χ4n) is 5.92. The first-order chi connectivity index (χ1) is 23.6. The van der Waals surface area contributed by atoms with Gasteiger partial charge in [0.25, 0.3) is 9.70 Å². The Morgan fingerprint density at radius 1 is 0.600 bits per heavy atom. The summed E-state index contributed by atoms with van der Waals surface area (Å²) in [4.78, 5) is 70.9. The molecule has 4 aromatic rings. The lowest BCUT2D eigenvalue weighted by molar-refractivity contribution is -0.314. The summed E-state index contributed by atoms with van der Waals surface area (Å²) in [7, 11) is 0. The van der Waals surface area contributed by atoms with Gasteiger partial charge in [-0.3, -0.25) is 24.0 Å². The van der Waals surface area contributed by atoms with Crippen LogP contribution in [-0.4, -0.2) is 88.5 Å². The number of benzene rings is 4. The minimum absolute atomic E-state index is 0.167. The third-order valence-electron chi connectivity index (χ3n) is 8.44. The Bertz CT molecular complexity index is 1910. The van der Waals surface area contributed by atoms with Gasteiger partial charge in [0.1, 0.15) is 12.2 Å². The number of ether oxygens (including phenoxy) is 1. The van der Waals surface area contributed by atoms with Crippen molar-refractivity contribution in [1.82, 2.24) is 5.32 Å². The van der Waals surface area contributed by atoms with Crippen molar-refractivity contribution in [2.24, 2.45) is 0 Å². The molecule has 1 aliphatic rings. The van der Waals surface area contributed by atoms with Gasteiger partial charge in [-0.05, 0) is 0 Å². The standard InChI is InChI=1S/C36H28Cl3NO10/c37-36(38,39)31(46)40-32-34(48,28(44)23-17-9-3-10-18-23)35(49,29(45)24-19-11-4-12-20-24)33(47,27(43)22-15-7-2-8-16-22)30(50-32)26(42)25(41)21-13-5-1-6-14-21/h1-20,26,30,32,42,47-49H,(H,40,46)/t26?,30-,32?,33-,34-,35+/m1/s1. The molecule has 50 heavy (non-hydrogen) atoms. The normalized spacial score (nSPS) is 25.6. The van der Waals surface area contributed by atoms with Crippen LogP contribution < -0.4 is 5.32 Å². The molecule has 6 atom stereocenters. The van der Waals surface area contributed by atoms with Crippen molar-refractivity contribution in [2.75, 3.05) is 0 Å². The molecule has 1 amide bonds. The summed E-state index contributed by atoms with van der Waals surface area (Å²) >= 11 is 17.4. The largest absolute Gasteiger partial charge is 0.382 e. The molecule has 5 N–H and O–H groups in total. The van der Waals surface area contributed by atoms with Gasteiger partial charge in [0, 0.05) is 22.3 Å². The van der Waals surface area contributed by atoms with Crippen molar-refractivity contribution in [2.45, 2.75) is 39.0 Å². The van der Waals surface area contributed by atoms with Crippen molar-refractivity contribution in [1.29, 1.82) is 0 Å². The Morgan fingerprint density at radius 3 is 1.36 bits per heavy atom. The van der Waals surface area contributed by atoms with Gasteiger partial charge >= 0.3 is 0 Å². The minimum atomic E-state index is -4.09. The van der Waals surface area contributed by atoms with Gasteiger partial charge in [-0.2, -0.15) is 0 Å². The van der Waals surface area contributed by atoms with Crippen LogP contribution in [-0.2, 0) is 9.53 Å². The first-order valence-corrected chi connectivity index (χ1v) is 16.0. The maximum Gasteiger partial charge on any atom is 0.274 e. The molecule has 1 heterocycles. The van der Waals surface area contributed by atoms with Gasteiger partial charge in [-0.1, -0.05) is 156 Å². The Kier molecular flexibility index (Phi) is 10.5. The molecule has 11 nitrogen and oxygen atoms in total. The molecule has 0 radical (unpaired) electrons. The van der Waals surface area contributed by atoms with E-state index < -0.39 is 84.8 Å². The number of Topliss-reactive ketones (excluding diaryl/α,β-unsaturated/α-hetero) is 4. The van der Waals surface area contributed by atoms with E-state index >= 15 is 0 Å². The maximum atomic E-state index is 14.8. The van der Waals surface area contributed by atoms with Crippen LogP contribution in [0.25, 0.3) is 0 Å². The molecular formula is C36H28Cl3NO10. The molecule has 0 saturated carbocycles. The number of alkyl halides is 3. The summed E-state index contributed by atoms with van der Waals surface area (Å²) in [5.41, 5.74) is -13.3. The van der Waals surface area contributed by atoms with Crippen molar-refractivity contribution in [3.63, 3.8) is 0 Å². The average Bonchev–Trinajstić information content (AvgIpc) is 3.14. The second kappa shape index (κ2) is 14.1. The highest BCUT2D eigenvalue weighted by molar-refractivity contribution is 6.76. The molecule has 0 aliphatic carbocycles. The molecule has 5 rings (SSSR count). The van der Waals surface area contributed by atoms with E-state index in [4.69, 9.17) is 39.5 Å². The summed E-state index contributed by atoms with van der Waals surface area (Å²) in [6.45, 7) is 0. The number of amides is 1. The van der Waals surface area contributed by atoms with E-state index in [1.54, 1.807) is 6.07 Å². The van der Waals surface area contributed by atoms with Gasteiger partial charge in [0.2, 0.25) is 28.6 Å². The Morgan fingerprint density at radius 2 is 0.960 bits per heavy atom. The summed E-state index contributed by atoms with van der Waals surface area (Å²) < 4.78 is 3.01. The fraction of sp³-hybridized carbons (Fsp3) is 0.194. The summed E-state index contributed by atoms with van der Waals surface area (Å²) in [6.07, 6.45) is -8.01. The van der Waals surface area contributed by atoms with E-state index in [0.29, 0.717) is 0 Å². The first-order valence-electron chi connectivity index (χ1n) is 14.9. The monoisotopic (exact) mass is 739 g/mol. The fourth-order valence-corrected chi connectivity index (χ4v) is 6.09. The first kappa shape index (κ1) is 37.0. The number of hydrogen-bond acceptors (Lipinski definition) is 10. The molecule has 258 valence electrons. The van der Waals surface area contributed by atoms with Gasteiger partial charge in [-0.15, -0.1) is 0 Å². The third-order valence-corrected chi connectivity index (χ3v) is 8.95. The van der Waals surface area contributed by atoms with Crippen molar-refractivity contribution in [3.05, 3.63) is 144 Å². The van der Waals surface area contributed by atoms with E-state index in [-0.39, 0.29) is 5.56 Å². The molecule has 1 aliphatic heterocycles. The number of rotatable bonds is 10. The van der Waals surface area contributed by atoms with E-state index in [1.807, 2.05) is 5.32 Å². The van der Waals surface area contributed by atoms with Crippen LogP contribution in [0.3, 0.4) is 0 Å². The molecule has 0 bridgehead atoms. The lowest BCUT2D eigenvalue weighted by Crippen LogP contribution is -2.89. The SMILES string of the molecule is O=C(c1ccccc1)C(O)[C@H]1OC(NC(=O)C(Cl)(Cl)Cl)[C@](O)(C(=O)c2ccccc2)[C@](O)(C(=O)c2ccccc2)[C@@]1(O)C(=O)c1ccccc1. The highest BCUT2D eigenvalue weighted by Crippen LogP contribution is 2.50. The number of aliphatic hydroxyl groups excluding tert-OH is 1. The number of carbonyl (C=O) groups excluding carboxylic acids is 5. The smallest absolute Gasteiger partial charge is 0.274 e. The number of aliphatic hydroxyl groups is 4. The third kappa shape index (κ3) is 6.16. The Labute approximate surface area is 300 Å². The molecule has 0 spiro atoms. The molecule has 1 saturated heterocycles. The number of hydrogen-bond donors (Lipinski definition) is 5. The van der Waals surface area contributed by atoms with E-state index in [2.05, 4.69) is 0 Å². The quantitative estimate of drug-likeness (QED) is 0.119.